The Morgan fingerprint density at radius 1 is 1.12 bits per heavy atom. The number of alkyl halides is 3. The van der Waals surface area contributed by atoms with Crippen molar-refractivity contribution in [3.63, 3.8) is 0 Å². The number of carbonyl (C=O) groups excluding carboxylic acids is 1. The number of rotatable bonds is 4. The van der Waals surface area contributed by atoms with Crippen LogP contribution in [-0.4, -0.2) is 42.8 Å². The van der Waals surface area contributed by atoms with Crippen molar-refractivity contribution in [1.82, 2.24) is 5.32 Å². The summed E-state index contributed by atoms with van der Waals surface area (Å²) in [6.07, 6.45) is -1.44. The van der Waals surface area contributed by atoms with Crippen molar-refractivity contribution < 1.29 is 32.3 Å². The van der Waals surface area contributed by atoms with E-state index >= 15 is 0 Å². The quantitative estimate of drug-likeness (QED) is 0.675. The van der Waals surface area contributed by atoms with Crippen LogP contribution in [0.25, 0.3) is 11.1 Å². The standard InChI is InChI=1S/C21H23FN2O.C2HF3O2/c22-19-3-1-2-16(13-19)17-5-6-20-18(12-17)9-11-24(20)21(25)7-4-15-8-10-23-14-15;3-2(4,5)1(6)7/h1-3,5-6,12-13,15,23H,4,7-11,14H2;(H,6,7). The first-order chi connectivity index (χ1) is 15.1. The minimum Gasteiger partial charge on any atom is -0.475 e. The molecule has 1 amide bonds. The molecule has 2 aliphatic heterocycles. The highest BCUT2D eigenvalue weighted by Crippen LogP contribution is 2.33. The van der Waals surface area contributed by atoms with Gasteiger partial charge in [0, 0.05) is 18.7 Å². The molecule has 172 valence electrons. The largest absolute Gasteiger partial charge is 0.490 e. The maximum Gasteiger partial charge on any atom is 0.490 e. The maximum absolute atomic E-state index is 13.5. The summed E-state index contributed by atoms with van der Waals surface area (Å²) in [4.78, 5) is 23.4. The normalized spacial score (nSPS) is 17.5. The SMILES string of the molecule is O=C(CCC1CCNC1)N1CCc2cc(-c3cccc(F)c3)ccc21.O=C(O)C(F)(F)F. The molecule has 0 saturated carbocycles. The van der Waals surface area contributed by atoms with Gasteiger partial charge in [-0.3, -0.25) is 4.79 Å². The number of amides is 1. The summed E-state index contributed by atoms with van der Waals surface area (Å²) in [5.41, 5.74) is 4.08. The minimum atomic E-state index is -5.08. The number of fused-ring (bicyclic) bond motifs is 1. The van der Waals surface area contributed by atoms with Crippen molar-refractivity contribution in [3.05, 3.63) is 53.8 Å². The third kappa shape index (κ3) is 6.06. The van der Waals surface area contributed by atoms with Crippen LogP contribution in [0, 0.1) is 11.7 Å². The molecular weight excluding hydrogens is 428 g/mol. The number of benzene rings is 2. The molecule has 0 radical (unpaired) electrons. The first kappa shape index (κ1) is 23.7. The predicted molar refractivity (Wildman–Crippen MR) is 112 cm³/mol. The van der Waals surface area contributed by atoms with Crippen molar-refractivity contribution in [3.8, 4) is 11.1 Å². The lowest BCUT2D eigenvalue weighted by Gasteiger charge is -2.18. The second-order valence-electron chi connectivity index (χ2n) is 7.85. The highest BCUT2D eigenvalue weighted by atomic mass is 19.4. The Kier molecular flexibility index (Phi) is 7.50. The van der Waals surface area contributed by atoms with Crippen LogP contribution in [0.2, 0.25) is 0 Å². The smallest absolute Gasteiger partial charge is 0.475 e. The number of carboxylic acids is 1. The third-order valence-corrected chi connectivity index (χ3v) is 5.61. The van der Waals surface area contributed by atoms with Crippen LogP contribution in [-0.2, 0) is 16.0 Å². The Labute approximate surface area is 183 Å². The molecule has 1 fully saturated rings. The van der Waals surface area contributed by atoms with Crippen LogP contribution in [0.5, 0.6) is 0 Å². The molecule has 0 bridgehead atoms. The molecule has 4 rings (SSSR count). The molecule has 2 aromatic carbocycles. The Morgan fingerprint density at radius 2 is 1.84 bits per heavy atom. The number of anilines is 1. The topological polar surface area (TPSA) is 69.6 Å². The van der Waals surface area contributed by atoms with Crippen LogP contribution in [0.3, 0.4) is 0 Å². The van der Waals surface area contributed by atoms with Gasteiger partial charge < -0.3 is 15.3 Å². The number of aliphatic carboxylic acids is 1. The molecule has 2 aromatic rings. The summed E-state index contributed by atoms with van der Waals surface area (Å²) < 4.78 is 45.2. The number of carbonyl (C=O) groups is 2. The van der Waals surface area contributed by atoms with Gasteiger partial charge in [-0.1, -0.05) is 18.2 Å². The number of nitrogens with zero attached hydrogens (tertiary/aromatic N) is 1. The molecule has 1 atom stereocenters. The van der Waals surface area contributed by atoms with E-state index in [0.717, 1.165) is 49.3 Å². The van der Waals surface area contributed by atoms with Gasteiger partial charge in [0.2, 0.25) is 5.91 Å². The van der Waals surface area contributed by atoms with E-state index in [4.69, 9.17) is 9.90 Å². The second-order valence-corrected chi connectivity index (χ2v) is 7.85. The van der Waals surface area contributed by atoms with Crippen molar-refractivity contribution in [2.45, 2.75) is 31.9 Å². The van der Waals surface area contributed by atoms with Gasteiger partial charge in [-0.05, 0) is 79.2 Å². The molecule has 9 heteroatoms. The lowest BCUT2D eigenvalue weighted by atomic mass is 10.0. The van der Waals surface area contributed by atoms with Crippen LogP contribution in [0.15, 0.2) is 42.5 Å². The molecule has 5 nitrogen and oxygen atoms in total. The van der Waals surface area contributed by atoms with E-state index in [9.17, 15) is 22.4 Å². The Bertz CT molecular complexity index is 972. The second kappa shape index (κ2) is 10.1. The monoisotopic (exact) mass is 452 g/mol. The van der Waals surface area contributed by atoms with Crippen LogP contribution in [0.1, 0.15) is 24.8 Å². The van der Waals surface area contributed by atoms with Gasteiger partial charge in [-0.15, -0.1) is 0 Å². The van der Waals surface area contributed by atoms with Gasteiger partial charge >= 0.3 is 12.1 Å². The number of nitrogens with one attached hydrogen (secondary N) is 1. The summed E-state index contributed by atoms with van der Waals surface area (Å²) in [6.45, 7) is 2.87. The Balaban J connectivity index is 0.000000360. The molecule has 1 unspecified atom stereocenters. The Hall–Kier alpha value is -2.94. The van der Waals surface area contributed by atoms with E-state index in [1.54, 1.807) is 12.1 Å². The zero-order valence-corrected chi connectivity index (χ0v) is 17.3. The molecule has 2 aliphatic rings. The number of carboxylic acid groups (broad SMARTS) is 1. The molecule has 32 heavy (non-hydrogen) atoms. The summed E-state index contributed by atoms with van der Waals surface area (Å²) >= 11 is 0. The zero-order valence-electron chi connectivity index (χ0n) is 17.3. The molecule has 2 N–H and O–H groups in total. The molecule has 2 heterocycles. The molecule has 0 aliphatic carbocycles. The summed E-state index contributed by atoms with van der Waals surface area (Å²) in [6, 6.07) is 12.7. The molecular formula is C23H24F4N2O3. The molecule has 0 aromatic heterocycles. The lowest BCUT2D eigenvalue weighted by Crippen LogP contribution is -2.29. The van der Waals surface area contributed by atoms with Gasteiger partial charge in [-0.2, -0.15) is 13.2 Å². The Morgan fingerprint density at radius 3 is 2.47 bits per heavy atom. The fourth-order valence-corrected chi connectivity index (χ4v) is 3.93. The van der Waals surface area contributed by atoms with Crippen molar-refractivity contribution in [2.24, 2.45) is 5.92 Å². The minimum absolute atomic E-state index is 0.226. The summed E-state index contributed by atoms with van der Waals surface area (Å²) in [5.74, 6) is -2.12. The number of hydrogen-bond donors (Lipinski definition) is 2. The van der Waals surface area contributed by atoms with E-state index in [1.807, 2.05) is 23.1 Å². The average molecular weight is 452 g/mol. The van der Waals surface area contributed by atoms with E-state index in [1.165, 1.54) is 18.1 Å². The predicted octanol–water partition coefficient (Wildman–Crippen LogP) is 4.40. The van der Waals surface area contributed by atoms with Gasteiger partial charge in [0.15, 0.2) is 0 Å². The van der Waals surface area contributed by atoms with E-state index in [2.05, 4.69) is 11.4 Å². The van der Waals surface area contributed by atoms with Crippen LogP contribution in [0.4, 0.5) is 23.2 Å². The third-order valence-electron chi connectivity index (χ3n) is 5.61. The van der Waals surface area contributed by atoms with Crippen molar-refractivity contribution >= 4 is 17.6 Å². The van der Waals surface area contributed by atoms with E-state index in [-0.39, 0.29) is 11.7 Å². The first-order valence-electron chi connectivity index (χ1n) is 10.3. The van der Waals surface area contributed by atoms with E-state index in [0.29, 0.717) is 12.3 Å². The average Bonchev–Trinajstić information content (AvgIpc) is 3.41. The maximum atomic E-state index is 13.5. The summed E-state index contributed by atoms with van der Waals surface area (Å²) in [7, 11) is 0. The van der Waals surface area contributed by atoms with Crippen molar-refractivity contribution in [1.29, 1.82) is 0 Å². The summed E-state index contributed by atoms with van der Waals surface area (Å²) in [5, 5.41) is 10.5. The highest BCUT2D eigenvalue weighted by Gasteiger charge is 2.38. The first-order valence-corrected chi connectivity index (χ1v) is 10.3. The number of halogens is 4. The van der Waals surface area contributed by atoms with Gasteiger partial charge in [0.05, 0.1) is 0 Å². The molecule has 0 spiro atoms. The zero-order chi connectivity index (χ0) is 23.3. The van der Waals surface area contributed by atoms with Crippen LogP contribution < -0.4 is 10.2 Å². The van der Waals surface area contributed by atoms with Crippen LogP contribution >= 0.6 is 0 Å². The van der Waals surface area contributed by atoms with Crippen molar-refractivity contribution in [2.75, 3.05) is 24.5 Å². The van der Waals surface area contributed by atoms with Gasteiger partial charge in [-0.25, -0.2) is 9.18 Å². The fraction of sp³-hybridized carbons (Fsp3) is 0.391. The fourth-order valence-electron chi connectivity index (χ4n) is 3.93. The number of hydrogen-bond acceptors (Lipinski definition) is 3. The van der Waals surface area contributed by atoms with Gasteiger partial charge in [0.1, 0.15) is 5.82 Å². The lowest BCUT2D eigenvalue weighted by molar-refractivity contribution is -0.192. The molecule has 1 saturated heterocycles. The van der Waals surface area contributed by atoms with Gasteiger partial charge in [0.25, 0.3) is 0 Å². The van der Waals surface area contributed by atoms with E-state index < -0.39 is 12.1 Å². The highest BCUT2D eigenvalue weighted by molar-refractivity contribution is 5.96.